The van der Waals surface area contributed by atoms with Crippen molar-refractivity contribution in [3.63, 3.8) is 0 Å². The first kappa shape index (κ1) is 22.7. The van der Waals surface area contributed by atoms with E-state index in [1.54, 1.807) is 0 Å². The number of hydrogen-bond acceptors (Lipinski definition) is 3. The van der Waals surface area contributed by atoms with E-state index in [4.69, 9.17) is 0 Å². The molecule has 0 heterocycles. The second-order valence-electron chi connectivity index (χ2n) is 5.55. The minimum absolute atomic E-state index is 0. The third-order valence-corrected chi connectivity index (χ3v) is 3.64. The Morgan fingerprint density at radius 1 is 1.29 bits per heavy atom. The molecule has 6 heteroatoms. The summed E-state index contributed by atoms with van der Waals surface area (Å²) in [6.07, 6.45) is 2.14. The number of ether oxygens (including phenoxy) is 1. The van der Waals surface area contributed by atoms with Crippen molar-refractivity contribution in [2.45, 2.75) is 39.7 Å². The lowest BCUT2D eigenvalue weighted by Gasteiger charge is -2.23. The van der Waals surface area contributed by atoms with Gasteiger partial charge < -0.3 is 15.0 Å². The first-order chi connectivity index (χ1) is 11.1. The summed E-state index contributed by atoms with van der Waals surface area (Å²) < 4.78 is 4.64. The fourth-order valence-corrected chi connectivity index (χ4v) is 2.26. The van der Waals surface area contributed by atoms with Gasteiger partial charge in [-0.2, -0.15) is 0 Å². The van der Waals surface area contributed by atoms with Gasteiger partial charge in [0.15, 0.2) is 5.96 Å². The highest BCUT2D eigenvalue weighted by Gasteiger charge is 2.07. The number of halogens is 1. The Kier molecular flexibility index (Phi) is 12.3. The molecular weight excluding hydrogens is 417 g/mol. The molecule has 1 rings (SSSR count). The molecule has 24 heavy (non-hydrogen) atoms. The maximum atomic E-state index is 11.1. The third kappa shape index (κ3) is 8.52. The second kappa shape index (κ2) is 13.0. The quantitative estimate of drug-likeness (QED) is 0.218. The summed E-state index contributed by atoms with van der Waals surface area (Å²) in [5, 5.41) is 3.32. The van der Waals surface area contributed by atoms with Gasteiger partial charge in [0.25, 0.3) is 0 Å². The molecule has 0 bridgehead atoms. The van der Waals surface area contributed by atoms with E-state index in [0.29, 0.717) is 13.0 Å². The first-order valence-electron chi connectivity index (χ1n) is 8.19. The van der Waals surface area contributed by atoms with Crippen LogP contribution in [0.4, 0.5) is 0 Å². The summed E-state index contributed by atoms with van der Waals surface area (Å²) in [6.45, 7) is 6.55. The Hall–Kier alpha value is -1.31. The lowest BCUT2D eigenvalue weighted by molar-refractivity contribution is -0.140. The van der Waals surface area contributed by atoms with Crippen LogP contribution >= 0.6 is 24.0 Å². The largest absolute Gasteiger partial charge is 0.469 e. The second-order valence-corrected chi connectivity index (χ2v) is 5.55. The zero-order chi connectivity index (χ0) is 17.1. The summed E-state index contributed by atoms with van der Waals surface area (Å²) in [5.41, 5.74) is 2.58. The molecule has 5 nitrogen and oxygen atoms in total. The highest BCUT2D eigenvalue weighted by Crippen LogP contribution is 2.09. The molecule has 0 radical (unpaired) electrons. The summed E-state index contributed by atoms with van der Waals surface area (Å²) >= 11 is 0. The molecule has 0 fully saturated rings. The molecule has 1 N–H and O–H groups in total. The fourth-order valence-electron chi connectivity index (χ4n) is 2.26. The first-order valence-corrected chi connectivity index (χ1v) is 8.19. The van der Waals surface area contributed by atoms with Crippen LogP contribution in [0.25, 0.3) is 0 Å². The lowest BCUT2D eigenvalue weighted by atomic mass is 10.1. The average molecular weight is 447 g/mol. The third-order valence-electron chi connectivity index (χ3n) is 3.64. The van der Waals surface area contributed by atoms with E-state index < -0.39 is 0 Å². The molecule has 0 unspecified atom stereocenters. The molecule has 0 atom stereocenters. The van der Waals surface area contributed by atoms with Crippen LogP contribution in [0, 0.1) is 6.92 Å². The van der Waals surface area contributed by atoms with E-state index >= 15 is 0 Å². The van der Waals surface area contributed by atoms with Crippen LogP contribution in [0.1, 0.15) is 37.3 Å². The standard InChI is InChI=1S/C18H29N3O2.HI/c1-5-19-18(20-13-9-8-12-17(22)23-4)21(3)14-16-11-7-6-10-15(16)2;/h6-7,10-11H,5,8-9,12-14H2,1-4H3,(H,19,20);1H. The molecule has 0 aromatic heterocycles. The van der Waals surface area contributed by atoms with Crippen molar-refractivity contribution >= 4 is 35.9 Å². The van der Waals surface area contributed by atoms with Gasteiger partial charge in [0.2, 0.25) is 0 Å². The monoisotopic (exact) mass is 447 g/mol. The molecule has 0 aliphatic rings. The summed E-state index contributed by atoms with van der Waals surface area (Å²) in [7, 11) is 3.46. The van der Waals surface area contributed by atoms with Crippen molar-refractivity contribution < 1.29 is 9.53 Å². The maximum Gasteiger partial charge on any atom is 0.305 e. The van der Waals surface area contributed by atoms with Crippen molar-refractivity contribution in [3.05, 3.63) is 35.4 Å². The van der Waals surface area contributed by atoms with Gasteiger partial charge in [-0.25, -0.2) is 0 Å². The number of carbonyl (C=O) groups is 1. The predicted octanol–water partition coefficient (Wildman–Crippen LogP) is 3.35. The zero-order valence-corrected chi connectivity index (χ0v) is 17.5. The number of hydrogen-bond donors (Lipinski definition) is 1. The van der Waals surface area contributed by atoms with E-state index in [9.17, 15) is 4.79 Å². The molecule has 1 aromatic carbocycles. The van der Waals surface area contributed by atoms with Gasteiger partial charge in [-0.15, -0.1) is 24.0 Å². The van der Waals surface area contributed by atoms with E-state index in [2.05, 4.69) is 58.1 Å². The summed E-state index contributed by atoms with van der Waals surface area (Å²) in [5.74, 6) is 0.742. The van der Waals surface area contributed by atoms with Crippen molar-refractivity contribution in [3.8, 4) is 0 Å². The van der Waals surface area contributed by atoms with Crippen LogP contribution in [-0.2, 0) is 16.1 Å². The number of methoxy groups -OCH3 is 1. The van der Waals surface area contributed by atoms with Gasteiger partial charge in [-0.1, -0.05) is 24.3 Å². The topological polar surface area (TPSA) is 53.9 Å². The number of nitrogens with one attached hydrogen (secondary N) is 1. The van der Waals surface area contributed by atoms with Crippen LogP contribution in [0.5, 0.6) is 0 Å². The Bertz CT molecular complexity index is 521. The highest BCUT2D eigenvalue weighted by molar-refractivity contribution is 14.0. The molecule has 1 aromatic rings. The Labute approximate surface area is 162 Å². The zero-order valence-electron chi connectivity index (χ0n) is 15.2. The number of nitrogens with zero attached hydrogens (tertiary/aromatic N) is 2. The molecule has 0 saturated heterocycles. The Balaban J connectivity index is 0.00000529. The number of esters is 1. The summed E-state index contributed by atoms with van der Waals surface area (Å²) in [4.78, 5) is 17.8. The number of unbranched alkanes of at least 4 members (excludes halogenated alkanes) is 1. The molecule has 0 aliphatic heterocycles. The van der Waals surface area contributed by atoms with Crippen LogP contribution in [-0.4, -0.2) is 44.1 Å². The van der Waals surface area contributed by atoms with Gasteiger partial charge in [0.1, 0.15) is 0 Å². The van der Waals surface area contributed by atoms with Crippen LogP contribution < -0.4 is 5.32 Å². The number of aliphatic imine (C=N–C) groups is 1. The summed E-state index contributed by atoms with van der Waals surface area (Å²) in [6, 6.07) is 8.39. The molecular formula is C18H30IN3O2. The molecule has 136 valence electrons. The van der Waals surface area contributed by atoms with Gasteiger partial charge >= 0.3 is 5.97 Å². The smallest absolute Gasteiger partial charge is 0.305 e. The Morgan fingerprint density at radius 2 is 2.00 bits per heavy atom. The highest BCUT2D eigenvalue weighted by atomic mass is 127. The van der Waals surface area contributed by atoms with Crippen LogP contribution in [0.3, 0.4) is 0 Å². The molecule has 0 spiro atoms. The van der Waals surface area contributed by atoms with Gasteiger partial charge in [-0.3, -0.25) is 9.79 Å². The number of rotatable bonds is 8. The minimum Gasteiger partial charge on any atom is -0.469 e. The van der Waals surface area contributed by atoms with E-state index in [0.717, 1.165) is 31.9 Å². The van der Waals surface area contributed by atoms with Crippen molar-refractivity contribution in [2.24, 2.45) is 4.99 Å². The van der Waals surface area contributed by atoms with Crippen molar-refractivity contribution in [2.75, 3.05) is 27.2 Å². The van der Waals surface area contributed by atoms with Gasteiger partial charge in [0, 0.05) is 33.1 Å². The number of aryl methyl sites for hydroxylation is 1. The van der Waals surface area contributed by atoms with Crippen molar-refractivity contribution in [1.29, 1.82) is 0 Å². The normalized spacial score (nSPS) is 10.8. The van der Waals surface area contributed by atoms with Crippen LogP contribution in [0.2, 0.25) is 0 Å². The van der Waals surface area contributed by atoms with Gasteiger partial charge in [0.05, 0.1) is 7.11 Å². The van der Waals surface area contributed by atoms with Gasteiger partial charge in [-0.05, 0) is 37.8 Å². The molecule has 0 amide bonds. The minimum atomic E-state index is -0.155. The SMILES string of the molecule is CCNC(=NCCCCC(=O)OC)N(C)Cc1ccccc1C.I. The van der Waals surface area contributed by atoms with E-state index in [1.807, 2.05) is 7.05 Å². The number of guanidine groups is 1. The maximum absolute atomic E-state index is 11.1. The predicted molar refractivity (Wildman–Crippen MR) is 110 cm³/mol. The van der Waals surface area contributed by atoms with Crippen molar-refractivity contribution in [1.82, 2.24) is 10.2 Å². The lowest BCUT2D eigenvalue weighted by Crippen LogP contribution is -2.38. The number of carbonyl (C=O) groups excluding carboxylic acids is 1. The number of benzene rings is 1. The van der Waals surface area contributed by atoms with E-state index in [1.165, 1.54) is 18.2 Å². The van der Waals surface area contributed by atoms with E-state index in [-0.39, 0.29) is 29.9 Å². The fraction of sp³-hybridized carbons (Fsp3) is 0.556. The molecule has 0 aliphatic carbocycles. The van der Waals surface area contributed by atoms with Crippen LogP contribution in [0.15, 0.2) is 29.3 Å². The average Bonchev–Trinajstić information content (AvgIpc) is 2.55. The molecule has 0 saturated carbocycles. The Morgan fingerprint density at radius 3 is 2.62 bits per heavy atom.